The average molecular weight is 255 g/mol. The summed E-state index contributed by atoms with van der Waals surface area (Å²) in [7, 11) is 2.14. The molecule has 2 nitrogen and oxygen atoms in total. The third-order valence-corrected chi connectivity index (χ3v) is 3.83. The number of rotatable bonds is 5. The van der Waals surface area contributed by atoms with E-state index in [4.69, 9.17) is 17.3 Å². The van der Waals surface area contributed by atoms with E-state index >= 15 is 0 Å². The van der Waals surface area contributed by atoms with E-state index in [0.29, 0.717) is 18.5 Å². The SMILES string of the molecule is CC(C)C(C)N(C)C(CN)c1ccc(Cl)cc1. The van der Waals surface area contributed by atoms with Crippen LogP contribution in [0, 0.1) is 5.92 Å². The third kappa shape index (κ3) is 3.70. The lowest BCUT2D eigenvalue weighted by atomic mass is 9.99. The Balaban J connectivity index is 2.87. The zero-order valence-electron chi connectivity index (χ0n) is 11.2. The maximum absolute atomic E-state index is 5.91. The molecule has 2 N–H and O–H groups in total. The summed E-state index contributed by atoms with van der Waals surface area (Å²) in [6.45, 7) is 7.33. The van der Waals surface area contributed by atoms with Gasteiger partial charge in [-0.2, -0.15) is 0 Å². The minimum atomic E-state index is 0.254. The Kier molecular flexibility index (Phi) is 5.44. The molecule has 0 aliphatic carbocycles. The molecule has 0 amide bonds. The van der Waals surface area contributed by atoms with Gasteiger partial charge in [0.15, 0.2) is 0 Å². The molecule has 2 atom stereocenters. The van der Waals surface area contributed by atoms with Crippen LogP contribution < -0.4 is 5.73 Å². The van der Waals surface area contributed by atoms with Gasteiger partial charge in [0, 0.05) is 23.7 Å². The average Bonchev–Trinajstić information content (AvgIpc) is 2.31. The summed E-state index contributed by atoms with van der Waals surface area (Å²) in [5.41, 5.74) is 7.14. The molecule has 96 valence electrons. The van der Waals surface area contributed by atoms with Crippen LogP contribution >= 0.6 is 11.6 Å². The van der Waals surface area contributed by atoms with Crippen LogP contribution in [0.3, 0.4) is 0 Å². The number of nitrogens with two attached hydrogens (primary N) is 1. The van der Waals surface area contributed by atoms with Gasteiger partial charge in [-0.15, -0.1) is 0 Å². The van der Waals surface area contributed by atoms with Crippen LogP contribution in [-0.2, 0) is 0 Å². The Bertz CT molecular complexity index is 335. The van der Waals surface area contributed by atoms with E-state index in [1.165, 1.54) is 5.56 Å². The summed E-state index contributed by atoms with van der Waals surface area (Å²) < 4.78 is 0. The topological polar surface area (TPSA) is 29.3 Å². The van der Waals surface area contributed by atoms with Crippen LogP contribution in [0.1, 0.15) is 32.4 Å². The molecule has 0 fully saturated rings. The minimum absolute atomic E-state index is 0.254. The summed E-state index contributed by atoms with van der Waals surface area (Å²) >= 11 is 5.91. The molecular weight excluding hydrogens is 232 g/mol. The van der Waals surface area contributed by atoms with Crippen molar-refractivity contribution in [3.63, 3.8) is 0 Å². The van der Waals surface area contributed by atoms with Gasteiger partial charge >= 0.3 is 0 Å². The van der Waals surface area contributed by atoms with Crippen LogP contribution in [0.4, 0.5) is 0 Å². The van der Waals surface area contributed by atoms with E-state index in [9.17, 15) is 0 Å². The molecule has 0 bridgehead atoms. The van der Waals surface area contributed by atoms with Gasteiger partial charge < -0.3 is 5.73 Å². The second-order valence-electron chi connectivity index (χ2n) is 4.95. The first-order valence-electron chi connectivity index (χ1n) is 6.14. The molecular formula is C14H23ClN2. The summed E-state index contributed by atoms with van der Waals surface area (Å²) in [6.07, 6.45) is 0. The standard InChI is InChI=1S/C14H23ClN2/c1-10(2)11(3)17(4)14(9-16)12-5-7-13(15)8-6-12/h5-8,10-11,14H,9,16H2,1-4H3. The smallest absolute Gasteiger partial charge is 0.0470 e. The van der Waals surface area contributed by atoms with E-state index in [1.807, 2.05) is 12.1 Å². The van der Waals surface area contributed by atoms with Crippen molar-refractivity contribution < 1.29 is 0 Å². The van der Waals surface area contributed by atoms with E-state index in [-0.39, 0.29) is 6.04 Å². The van der Waals surface area contributed by atoms with Gasteiger partial charge in [0.2, 0.25) is 0 Å². The highest BCUT2D eigenvalue weighted by Gasteiger charge is 2.22. The fourth-order valence-corrected chi connectivity index (χ4v) is 2.10. The van der Waals surface area contributed by atoms with Gasteiger partial charge in [-0.3, -0.25) is 4.90 Å². The first-order valence-corrected chi connectivity index (χ1v) is 6.52. The lowest BCUT2D eigenvalue weighted by molar-refractivity contribution is 0.152. The Morgan fingerprint density at radius 3 is 2.12 bits per heavy atom. The molecule has 3 heteroatoms. The van der Waals surface area contributed by atoms with Crippen molar-refractivity contribution >= 4 is 11.6 Å². The van der Waals surface area contributed by atoms with Crippen LogP contribution in [0.25, 0.3) is 0 Å². The Hall–Kier alpha value is -0.570. The number of benzene rings is 1. The fourth-order valence-electron chi connectivity index (χ4n) is 1.98. The summed E-state index contributed by atoms with van der Waals surface area (Å²) in [5.74, 6) is 0.612. The molecule has 0 aromatic heterocycles. The number of nitrogens with zero attached hydrogens (tertiary/aromatic N) is 1. The second-order valence-corrected chi connectivity index (χ2v) is 5.39. The third-order valence-electron chi connectivity index (χ3n) is 3.58. The molecule has 1 aromatic carbocycles. The van der Waals surface area contributed by atoms with Crippen LogP contribution in [0.15, 0.2) is 24.3 Å². The molecule has 0 saturated heterocycles. The normalized spacial score (nSPS) is 15.3. The van der Waals surface area contributed by atoms with Gasteiger partial charge in [-0.05, 0) is 37.6 Å². The highest BCUT2D eigenvalue weighted by atomic mass is 35.5. The maximum Gasteiger partial charge on any atom is 0.0470 e. The van der Waals surface area contributed by atoms with Gasteiger partial charge in [0.05, 0.1) is 0 Å². The fraction of sp³-hybridized carbons (Fsp3) is 0.571. The molecule has 0 heterocycles. The van der Waals surface area contributed by atoms with Gasteiger partial charge in [-0.1, -0.05) is 37.6 Å². The molecule has 0 spiro atoms. The highest BCUT2D eigenvalue weighted by molar-refractivity contribution is 6.30. The molecule has 0 saturated carbocycles. The lowest BCUT2D eigenvalue weighted by Crippen LogP contribution is -2.39. The number of halogens is 1. The van der Waals surface area contributed by atoms with Crippen molar-refractivity contribution in [3.05, 3.63) is 34.9 Å². The molecule has 0 radical (unpaired) electrons. The van der Waals surface area contributed by atoms with E-state index in [1.54, 1.807) is 0 Å². The predicted octanol–water partition coefficient (Wildman–Crippen LogP) is 3.32. The lowest BCUT2D eigenvalue weighted by Gasteiger charge is -2.35. The van der Waals surface area contributed by atoms with Gasteiger partial charge in [0.1, 0.15) is 0 Å². The van der Waals surface area contributed by atoms with E-state index < -0.39 is 0 Å². The molecule has 2 unspecified atom stereocenters. The van der Waals surface area contributed by atoms with Crippen molar-refractivity contribution in [3.8, 4) is 0 Å². The number of likely N-dealkylation sites (N-methyl/N-ethyl adjacent to an activating group) is 1. The molecule has 1 aromatic rings. The molecule has 17 heavy (non-hydrogen) atoms. The van der Waals surface area contributed by atoms with Crippen molar-refractivity contribution in [2.75, 3.05) is 13.6 Å². The maximum atomic E-state index is 5.91. The number of hydrogen-bond acceptors (Lipinski definition) is 2. The van der Waals surface area contributed by atoms with Crippen molar-refractivity contribution in [1.29, 1.82) is 0 Å². The highest BCUT2D eigenvalue weighted by Crippen LogP contribution is 2.24. The first-order chi connectivity index (χ1) is 7.97. The second kappa shape index (κ2) is 6.39. The van der Waals surface area contributed by atoms with Crippen LogP contribution in [-0.4, -0.2) is 24.5 Å². The minimum Gasteiger partial charge on any atom is -0.329 e. The summed E-state index contributed by atoms with van der Waals surface area (Å²) in [6, 6.07) is 8.72. The first kappa shape index (κ1) is 14.5. The Labute approximate surface area is 110 Å². The van der Waals surface area contributed by atoms with Gasteiger partial charge in [0.25, 0.3) is 0 Å². The zero-order chi connectivity index (χ0) is 13.0. The molecule has 1 rings (SSSR count). The van der Waals surface area contributed by atoms with Crippen molar-refractivity contribution in [2.45, 2.75) is 32.9 Å². The summed E-state index contributed by atoms with van der Waals surface area (Å²) in [4.78, 5) is 2.34. The Morgan fingerprint density at radius 1 is 1.18 bits per heavy atom. The summed E-state index contributed by atoms with van der Waals surface area (Å²) in [5, 5.41) is 0.768. The predicted molar refractivity (Wildman–Crippen MR) is 75.3 cm³/mol. The Morgan fingerprint density at radius 2 is 1.71 bits per heavy atom. The van der Waals surface area contributed by atoms with E-state index in [2.05, 4.69) is 44.9 Å². The van der Waals surface area contributed by atoms with Crippen molar-refractivity contribution in [1.82, 2.24) is 4.90 Å². The quantitative estimate of drug-likeness (QED) is 0.874. The molecule has 0 aliphatic heterocycles. The van der Waals surface area contributed by atoms with Gasteiger partial charge in [-0.25, -0.2) is 0 Å². The molecule has 0 aliphatic rings. The zero-order valence-corrected chi connectivity index (χ0v) is 11.9. The largest absolute Gasteiger partial charge is 0.329 e. The van der Waals surface area contributed by atoms with Crippen LogP contribution in [0.5, 0.6) is 0 Å². The van der Waals surface area contributed by atoms with E-state index in [0.717, 1.165) is 5.02 Å². The number of hydrogen-bond donors (Lipinski definition) is 1. The van der Waals surface area contributed by atoms with Crippen molar-refractivity contribution in [2.24, 2.45) is 11.7 Å². The monoisotopic (exact) mass is 254 g/mol. The van der Waals surface area contributed by atoms with Crippen LogP contribution in [0.2, 0.25) is 5.02 Å².